The van der Waals surface area contributed by atoms with E-state index in [9.17, 15) is 9.59 Å². The van der Waals surface area contributed by atoms with Gasteiger partial charge in [-0.25, -0.2) is 4.98 Å². The van der Waals surface area contributed by atoms with Gasteiger partial charge in [0.15, 0.2) is 0 Å². The zero-order valence-corrected chi connectivity index (χ0v) is 11.6. The molecule has 1 unspecified atom stereocenters. The fraction of sp³-hybridized carbons (Fsp3) is 0.417. The van der Waals surface area contributed by atoms with Gasteiger partial charge in [-0.05, 0) is 19.4 Å². The summed E-state index contributed by atoms with van der Waals surface area (Å²) in [4.78, 5) is 27.3. The van der Waals surface area contributed by atoms with Crippen LogP contribution in [0.4, 0.5) is 5.69 Å². The van der Waals surface area contributed by atoms with E-state index >= 15 is 0 Å². The van der Waals surface area contributed by atoms with Crippen LogP contribution in [0.2, 0.25) is 5.15 Å². The Labute approximate surface area is 116 Å². The molecule has 0 radical (unpaired) electrons. The molecular weight excluding hydrogens is 268 g/mol. The average Bonchev–Trinajstić information content (AvgIpc) is 2.38. The highest BCUT2D eigenvalue weighted by molar-refractivity contribution is 6.32. The first-order valence-electron chi connectivity index (χ1n) is 5.95. The molecule has 19 heavy (non-hydrogen) atoms. The Morgan fingerprint density at radius 3 is 2.84 bits per heavy atom. The second-order valence-corrected chi connectivity index (χ2v) is 4.45. The lowest BCUT2D eigenvalue weighted by Gasteiger charge is -2.14. The Morgan fingerprint density at radius 1 is 1.53 bits per heavy atom. The van der Waals surface area contributed by atoms with Gasteiger partial charge in [0.05, 0.1) is 17.4 Å². The zero-order valence-electron chi connectivity index (χ0n) is 10.9. The molecular formula is C12H17ClN4O2. The molecule has 0 aromatic carbocycles. The molecule has 0 fully saturated rings. The maximum atomic E-state index is 11.9. The SMILES string of the molecule is CCCNC(=O)C(C)NC(=O)c1cc(N)cnc1Cl. The summed E-state index contributed by atoms with van der Waals surface area (Å²) in [7, 11) is 0. The lowest BCUT2D eigenvalue weighted by molar-refractivity contribution is -0.122. The number of carbonyl (C=O) groups excluding carboxylic acids is 2. The van der Waals surface area contributed by atoms with Crippen LogP contribution < -0.4 is 16.4 Å². The first-order chi connectivity index (χ1) is 8.95. The topological polar surface area (TPSA) is 97.1 Å². The Bertz CT molecular complexity index is 479. The van der Waals surface area contributed by atoms with Crippen LogP contribution in [0.5, 0.6) is 0 Å². The van der Waals surface area contributed by atoms with Gasteiger partial charge >= 0.3 is 0 Å². The van der Waals surface area contributed by atoms with E-state index in [1.165, 1.54) is 12.3 Å². The number of carbonyl (C=O) groups is 2. The van der Waals surface area contributed by atoms with Crippen LogP contribution in [0.3, 0.4) is 0 Å². The number of nitrogen functional groups attached to an aromatic ring is 1. The summed E-state index contributed by atoms with van der Waals surface area (Å²) in [6.45, 7) is 4.11. The van der Waals surface area contributed by atoms with Crippen molar-refractivity contribution in [3.05, 3.63) is 23.0 Å². The number of nitrogens with two attached hydrogens (primary N) is 1. The van der Waals surface area contributed by atoms with Gasteiger partial charge in [0.25, 0.3) is 5.91 Å². The smallest absolute Gasteiger partial charge is 0.255 e. The van der Waals surface area contributed by atoms with Crippen LogP contribution in [0.15, 0.2) is 12.3 Å². The molecule has 0 aliphatic heterocycles. The van der Waals surface area contributed by atoms with Gasteiger partial charge in [-0.3, -0.25) is 9.59 Å². The minimum absolute atomic E-state index is 0.0490. The quantitative estimate of drug-likeness (QED) is 0.702. The van der Waals surface area contributed by atoms with E-state index in [4.69, 9.17) is 17.3 Å². The predicted octanol–water partition coefficient (Wildman–Crippen LogP) is 0.962. The number of hydrogen-bond donors (Lipinski definition) is 3. The minimum Gasteiger partial charge on any atom is -0.397 e. The summed E-state index contributed by atoms with van der Waals surface area (Å²) in [6.07, 6.45) is 2.19. The van der Waals surface area contributed by atoms with Crippen molar-refractivity contribution >= 4 is 29.1 Å². The molecule has 0 aliphatic carbocycles. The summed E-state index contributed by atoms with van der Waals surface area (Å²) >= 11 is 5.81. The second-order valence-electron chi connectivity index (χ2n) is 4.09. The predicted molar refractivity (Wildman–Crippen MR) is 73.9 cm³/mol. The van der Waals surface area contributed by atoms with Crippen molar-refractivity contribution in [2.24, 2.45) is 0 Å². The molecule has 0 spiro atoms. The number of nitrogens with one attached hydrogen (secondary N) is 2. The van der Waals surface area contributed by atoms with Gasteiger partial charge in [-0.15, -0.1) is 0 Å². The third kappa shape index (κ3) is 4.40. The van der Waals surface area contributed by atoms with Crippen molar-refractivity contribution in [1.82, 2.24) is 15.6 Å². The Hall–Kier alpha value is -1.82. The van der Waals surface area contributed by atoms with E-state index in [1.807, 2.05) is 6.92 Å². The van der Waals surface area contributed by atoms with Crippen molar-refractivity contribution < 1.29 is 9.59 Å². The minimum atomic E-state index is -0.656. The van der Waals surface area contributed by atoms with Crippen LogP contribution in [0.25, 0.3) is 0 Å². The fourth-order valence-electron chi connectivity index (χ4n) is 1.36. The molecule has 0 aliphatic rings. The van der Waals surface area contributed by atoms with E-state index in [-0.39, 0.29) is 16.6 Å². The number of nitrogens with zero attached hydrogens (tertiary/aromatic N) is 1. The third-order valence-corrected chi connectivity index (χ3v) is 2.70. The normalized spacial score (nSPS) is 11.7. The Balaban J connectivity index is 2.68. The Morgan fingerprint density at radius 2 is 2.21 bits per heavy atom. The van der Waals surface area contributed by atoms with Gasteiger partial charge in [0, 0.05) is 6.54 Å². The van der Waals surface area contributed by atoms with Crippen molar-refractivity contribution in [3.63, 3.8) is 0 Å². The summed E-state index contributed by atoms with van der Waals surface area (Å²) in [5, 5.41) is 5.28. The van der Waals surface area contributed by atoms with E-state index in [2.05, 4.69) is 15.6 Å². The molecule has 1 aromatic heterocycles. The van der Waals surface area contributed by atoms with Gasteiger partial charge in [-0.1, -0.05) is 18.5 Å². The highest BCUT2D eigenvalue weighted by Gasteiger charge is 2.18. The molecule has 0 bridgehead atoms. The van der Waals surface area contributed by atoms with Crippen LogP contribution in [0.1, 0.15) is 30.6 Å². The maximum Gasteiger partial charge on any atom is 0.255 e. The summed E-state index contributed by atoms with van der Waals surface area (Å²) in [6, 6.07) is 0.762. The van der Waals surface area contributed by atoms with Crippen molar-refractivity contribution in [3.8, 4) is 0 Å². The first-order valence-corrected chi connectivity index (χ1v) is 6.33. The van der Waals surface area contributed by atoms with Crippen LogP contribution in [-0.4, -0.2) is 29.4 Å². The summed E-state index contributed by atoms with van der Waals surface area (Å²) in [5.41, 5.74) is 6.02. The monoisotopic (exact) mass is 284 g/mol. The average molecular weight is 285 g/mol. The number of anilines is 1. The lowest BCUT2D eigenvalue weighted by Crippen LogP contribution is -2.45. The number of hydrogen-bond acceptors (Lipinski definition) is 4. The molecule has 6 nitrogen and oxygen atoms in total. The van der Waals surface area contributed by atoms with Crippen molar-refractivity contribution in [1.29, 1.82) is 0 Å². The van der Waals surface area contributed by atoms with Crippen molar-refractivity contribution in [2.75, 3.05) is 12.3 Å². The highest BCUT2D eigenvalue weighted by atomic mass is 35.5. The van der Waals surface area contributed by atoms with E-state index < -0.39 is 11.9 Å². The van der Waals surface area contributed by atoms with Gasteiger partial charge in [0.2, 0.25) is 5.91 Å². The number of amides is 2. The third-order valence-electron chi connectivity index (χ3n) is 2.39. The standard InChI is InChI=1S/C12H17ClN4O2/c1-3-4-15-11(18)7(2)17-12(19)9-5-8(14)6-16-10(9)13/h5-7H,3-4,14H2,1-2H3,(H,15,18)(H,17,19). The fourth-order valence-corrected chi connectivity index (χ4v) is 1.55. The molecule has 1 atom stereocenters. The van der Waals surface area contributed by atoms with Crippen LogP contribution in [0, 0.1) is 0 Å². The zero-order chi connectivity index (χ0) is 14.4. The first kappa shape index (κ1) is 15.2. The molecule has 2 amide bonds. The number of rotatable bonds is 5. The van der Waals surface area contributed by atoms with Crippen molar-refractivity contribution in [2.45, 2.75) is 26.3 Å². The van der Waals surface area contributed by atoms with E-state index in [0.29, 0.717) is 12.2 Å². The molecule has 4 N–H and O–H groups in total. The van der Waals surface area contributed by atoms with E-state index in [0.717, 1.165) is 6.42 Å². The largest absolute Gasteiger partial charge is 0.397 e. The molecule has 1 rings (SSSR count). The number of halogens is 1. The molecule has 0 saturated heterocycles. The molecule has 104 valence electrons. The molecule has 1 aromatic rings. The van der Waals surface area contributed by atoms with Crippen LogP contribution >= 0.6 is 11.6 Å². The summed E-state index contributed by atoms with van der Waals surface area (Å²) in [5.74, 6) is -0.730. The van der Waals surface area contributed by atoms with E-state index in [1.54, 1.807) is 6.92 Å². The van der Waals surface area contributed by atoms with Crippen LogP contribution in [-0.2, 0) is 4.79 Å². The molecule has 0 saturated carbocycles. The number of aromatic nitrogens is 1. The van der Waals surface area contributed by atoms with Gasteiger partial charge in [-0.2, -0.15) is 0 Å². The Kier molecular flexibility index (Phi) is 5.57. The molecule has 1 heterocycles. The number of pyridine rings is 1. The van der Waals surface area contributed by atoms with Gasteiger partial charge in [0.1, 0.15) is 11.2 Å². The molecule has 7 heteroatoms. The lowest BCUT2D eigenvalue weighted by atomic mass is 10.2. The van der Waals surface area contributed by atoms with Gasteiger partial charge < -0.3 is 16.4 Å². The maximum absolute atomic E-state index is 11.9. The summed E-state index contributed by atoms with van der Waals surface area (Å²) < 4.78 is 0. The second kappa shape index (κ2) is 6.94. The highest BCUT2D eigenvalue weighted by Crippen LogP contribution is 2.15.